The van der Waals surface area contributed by atoms with Gasteiger partial charge >= 0.3 is 76.5 Å². The molecule has 0 radical (unpaired) electrons. The normalized spacial score (nSPS) is 23.1. The molecular weight excluding hydrogens is 571 g/mol. The van der Waals surface area contributed by atoms with Crippen molar-refractivity contribution >= 4 is 73.3 Å². The van der Waals surface area contributed by atoms with Gasteiger partial charge in [-0.15, -0.1) is 0 Å². The molecule has 7 heteroatoms. The van der Waals surface area contributed by atoms with Crippen LogP contribution in [0.1, 0.15) is 0 Å². The molecule has 0 aliphatic carbocycles. The summed E-state index contributed by atoms with van der Waals surface area (Å²) in [6, 6.07) is 0. The van der Waals surface area contributed by atoms with Gasteiger partial charge in [-0.1, -0.05) is 0 Å². The molecule has 0 atom stereocenters. The molecule has 46 valence electrons. The molecule has 0 aromatic rings. The number of hydrogen-bond acceptors (Lipinski definition) is 0. The van der Waals surface area contributed by atoms with Crippen molar-refractivity contribution in [1.29, 1.82) is 0 Å². The fourth-order valence-corrected chi connectivity index (χ4v) is 0. The Labute approximate surface area is 74.1 Å². The Balaban J connectivity index is 4.43. The Bertz CT molecular complexity index is 62.7. The third kappa shape index (κ3) is 41.5. The van der Waals surface area contributed by atoms with Gasteiger partial charge in [-0.2, -0.15) is 0 Å². The SMILES string of the molecule is [Br][Zr]([Br])([Br])([Br])([Br])[Br]. The van der Waals surface area contributed by atoms with E-state index in [0.717, 1.165) is 0 Å². The molecule has 0 aromatic carbocycles. The van der Waals surface area contributed by atoms with Gasteiger partial charge < -0.3 is 0 Å². The van der Waals surface area contributed by atoms with Crippen LogP contribution in [0.3, 0.4) is 0 Å². The van der Waals surface area contributed by atoms with E-state index in [2.05, 4.69) is 73.3 Å². The first-order valence-corrected chi connectivity index (χ1v) is 34.9. The Morgan fingerprint density at radius 3 is 0.571 bits per heavy atom. The van der Waals surface area contributed by atoms with E-state index < -0.39 is 3.20 Å². The fraction of sp³-hybridized carbons (Fsp3) is 0. The Morgan fingerprint density at radius 1 is 0.571 bits per heavy atom. The van der Waals surface area contributed by atoms with Crippen LogP contribution in [0.25, 0.3) is 0 Å². The summed E-state index contributed by atoms with van der Waals surface area (Å²) in [5, 5.41) is 0. The first kappa shape index (κ1) is 10.8. The Morgan fingerprint density at radius 2 is 0.571 bits per heavy atom. The minimum atomic E-state index is -3.44. The van der Waals surface area contributed by atoms with E-state index in [-0.39, 0.29) is 0 Å². The molecule has 0 aliphatic heterocycles. The van der Waals surface area contributed by atoms with Gasteiger partial charge in [0.05, 0.1) is 0 Å². The van der Waals surface area contributed by atoms with Crippen molar-refractivity contribution in [3.8, 4) is 0 Å². The molecule has 0 fully saturated rings. The van der Waals surface area contributed by atoms with Crippen LogP contribution < -0.4 is 0 Å². The van der Waals surface area contributed by atoms with Crippen molar-refractivity contribution in [2.45, 2.75) is 0 Å². The molecule has 0 rings (SSSR count). The zero-order chi connectivity index (χ0) is 6.41. The summed E-state index contributed by atoms with van der Waals surface area (Å²) in [6.07, 6.45) is 0. The number of halogens is 6. The molecule has 7 heavy (non-hydrogen) atoms. The summed E-state index contributed by atoms with van der Waals surface area (Å²) in [7, 11) is 0. The van der Waals surface area contributed by atoms with Crippen LogP contribution in [-0.4, -0.2) is 0 Å². The van der Waals surface area contributed by atoms with E-state index >= 15 is 0 Å². The van der Waals surface area contributed by atoms with Crippen LogP contribution in [0.5, 0.6) is 0 Å². The van der Waals surface area contributed by atoms with Gasteiger partial charge in [0.15, 0.2) is 0 Å². The van der Waals surface area contributed by atoms with Gasteiger partial charge in [-0.05, 0) is 0 Å². The van der Waals surface area contributed by atoms with E-state index in [1.807, 2.05) is 0 Å². The summed E-state index contributed by atoms with van der Waals surface area (Å²) >= 11 is 20.2. The Kier molecular flexibility index (Phi) is 3.27. The monoisotopic (exact) mass is 563 g/mol. The van der Waals surface area contributed by atoms with Crippen LogP contribution in [0.4, 0.5) is 0 Å². The van der Waals surface area contributed by atoms with Crippen molar-refractivity contribution in [3.63, 3.8) is 0 Å². The first-order valence-electron chi connectivity index (χ1n) is 1.13. The fourth-order valence-electron chi connectivity index (χ4n) is 0. The van der Waals surface area contributed by atoms with Crippen molar-refractivity contribution in [2.24, 2.45) is 0 Å². The van der Waals surface area contributed by atoms with Crippen molar-refractivity contribution in [1.82, 2.24) is 0 Å². The summed E-state index contributed by atoms with van der Waals surface area (Å²) in [6.45, 7) is 0. The van der Waals surface area contributed by atoms with E-state index in [0.29, 0.717) is 0 Å². The van der Waals surface area contributed by atoms with E-state index in [1.165, 1.54) is 0 Å². The summed E-state index contributed by atoms with van der Waals surface area (Å²) in [4.78, 5) is 0. The van der Waals surface area contributed by atoms with Gasteiger partial charge in [-0.25, -0.2) is 0 Å². The molecule has 0 unspecified atom stereocenters. The third-order valence-corrected chi connectivity index (χ3v) is 0. The number of hydrogen-bond donors (Lipinski definition) is 0. The first-order chi connectivity index (χ1) is 2.45. The van der Waals surface area contributed by atoms with E-state index in [9.17, 15) is 0 Å². The van der Waals surface area contributed by atoms with Crippen molar-refractivity contribution in [2.75, 3.05) is 0 Å². The van der Waals surface area contributed by atoms with Crippen LogP contribution in [-0.2, 0) is 3.20 Å². The zero-order valence-electron chi connectivity index (χ0n) is 2.77. The molecule has 0 N–H and O–H groups in total. The molecule has 0 spiro atoms. The van der Waals surface area contributed by atoms with Gasteiger partial charge in [0, 0.05) is 0 Å². The zero-order valence-corrected chi connectivity index (χ0v) is 14.7. The predicted octanol–water partition coefficient (Wildman–Crippen LogP) is 5.07. The molecule has 0 aliphatic rings. The second-order valence-electron chi connectivity index (χ2n) is 1.07. The van der Waals surface area contributed by atoms with E-state index in [1.54, 1.807) is 0 Å². The third-order valence-electron chi connectivity index (χ3n) is 0. The maximum atomic E-state index is 3.37. The van der Waals surface area contributed by atoms with E-state index in [4.69, 9.17) is 0 Å². The van der Waals surface area contributed by atoms with Crippen molar-refractivity contribution < 1.29 is 3.20 Å². The van der Waals surface area contributed by atoms with Gasteiger partial charge in [0.1, 0.15) is 0 Å². The molecule has 0 saturated heterocycles. The van der Waals surface area contributed by atoms with Gasteiger partial charge in [0.25, 0.3) is 0 Å². The summed E-state index contributed by atoms with van der Waals surface area (Å²) in [5.74, 6) is 0. The maximum absolute atomic E-state index is 3.44. The van der Waals surface area contributed by atoms with Gasteiger partial charge in [0.2, 0.25) is 0 Å². The molecule has 0 bridgehead atoms. The molecule has 0 saturated carbocycles. The summed E-state index contributed by atoms with van der Waals surface area (Å²) in [5.41, 5.74) is 0. The second kappa shape index (κ2) is 2.13. The molecule has 0 aromatic heterocycles. The predicted molar refractivity (Wildman–Crippen MR) is 53.6 cm³/mol. The molecule has 0 heterocycles. The van der Waals surface area contributed by atoms with Gasteiger partial charge in [-0.3, -0.25) is 0 Å². The topological polar surface area (TPSA) is 0 Å². The molecule has 0 amide bonds. The van der Waals surface area contributed by atoms with Crippen LogP contribution in [0.2, 0.25) is 0 Å². The minimum absolute atomic E-state index is 3.37. The summed E-state index contributed by atoms with van der Waals surface area (Å²) < 4.78 is -3.44. The van der Waals surface area contributed by atoms with Crippen molar-refractivity contribution in [3.05, 3.63) is 0 Å². The average molecular weight is 571 g/mol. The van der Waals surface area contributed by atoms with Crippen LogP contribution in [0, 0.1) is 0 Å². The molecule has 0 nitrogen and oxygen atoms in total. The molecular formula is Br6Zr. The standard InChI is InChI=1S/6BrH.Zr/h6*1H;/q;;;;;;+6/p-6. The number of rotatable bonds is 0. The quantitative estimate of drug-likeness (QED) is 0.382. The van der Waals surface area contributed by atoms with Crippen LogP contribution >= 0.6 is 73.3 Å². The second-order valence-corrected chi connectivity index (χ2v) is 171. The Hall–Kier alpha value is 3.76. The average Bonchev–Trinajstić information content (AvgIpc) is 0.592. The van der Waals surface area contributed by atoms with Crippen LogP contribution in [0.15, 0.2) is 0 Å².